The fourth-order valence-electron chi connectivity index (χ4n) is 11.5. The number of pyridine rings is 2. The molecule has 6 heterocycles. The number of para-hydroxylation sites is 7. The molecule has 9 heteroatoms. The Morgan fingerprint density at radius 3 is 1.89 bits per heavy atom. The van der Waals surface area contributed by atoms with Gasteiger partial charge in [-0.1, -0.05) is 140 Å². The van der Waals surface area contributed by atoms with Gasteiger partial charge in [-0.15, -0.1) is 0 Å². The van der Waals surface area contributed by atoms with Gasteiger partial charge in [-0.2, -0.15) is 0 Å². The number of rotatable bonds is 8. The van der Waals surface area contributed by atoms with E-state index in [-0.39, 0.29) is 0 Å². The molecule has 9 aromatic carbocycles. The van der Waals surface area contributed by atoms with Crippen molar-refractivity contribution in [1.29, 1.82) is 0 Å². The van der Waals surface area contributed by atoms with Crippen molar-refractivity contribution in [1.82, 2.24) is 28.2 Å². The largest absolute Gasteiger partial charge is 0.459 e. The standard InChI is InChI=1S/C67H42N8O/c1-43-35-64-56(41-69-43)54-33-32-48(76-49-37-45(68-2)36-47(38-49)71-42-72(62-29-15-14-28-61(62)71)57-24-10-6-19-50(57)44-17-4-3-5-18-44)39-65(54)75(64)66-34-31-46(40-70-66)73-58-25-11-9-22-53(58)55-23-16-30-63(67(55)73)74-59-26-12-7-20-51(59)52-21-8-13-27-60(52)74/h3-41H,1H3. The van der Waals surface area contributed by atoms with Crippen LogP contribution in [0.1, 0.15) is 5.69 Å². The maximum atomic E-state index is 8.18. The molecule has 6 aromatic heterocycles. The molecule has 0 amide bonds. The molecule has 15 aromatic rings. The maximum absolute atomic E-state index is 8.18. The van der Waals surface area contributed by atoms with Gasteiger partial charge in [0.2, 0.25) is 0 Å². The van der Waals surface area contributed by atoms with E-state index in [1.165, 1.54) is 21.5 Å². The summed E-state index contributed by atoms with van der Waals surface area (Å²) in [5, 5.41) is 6.79. The number of benzene rings is 9. The van der Waals surface area contributed by atoms with Crippen LogP contribution in [0.2, 0.25) is 0 Å². The number of aromatic nitrogens is 7. The number of ether oxygens (including phenoxy) is 1. The third-order valence-electron chi connectivity index (χ3n) is 14.8. The van der Waals surface area contributed by atoms with E-state index in [1.807, 2.05) is 60.3 Å². The van der Waals surface area contributed by atoms with Gasteiger partial charge in [0.05, 0.1) is 79.7 Å². The first kappa shape index (κ1) is 43.1. The Labute approximate surface area is 436 Å². The Balaban J connectivity index is 0.844. The summed E-state index contributed by atoms with van der Waals surface area (Å²) in [6.45, 7) is 10.2. The fraction of sp³-hybridized carbons (Fsp3) is 0.0149. The molecule has 0 unspecified atom stereocenters. The Morgan fingerprint density at radius 1 is 0.474 bits per heavy atom. The Kier molecular flexibility index (Phi) is 9.64. The Morgan fingerprint density at radius 2 is 1.13 bits per heavy atom. The van der Waals surface area contributed by atoms with Crippen LogP contribution in [0.3, 0.4) is 0 Å². The Hall–Kier alpha value is -10.6. The lowest BCUT2D eigenvalue weighted by atomic mass is 10.0. The van der Waals surface area contributed by atoms with E-state index < -0.39 is 0 Å². The van der Waals surface area contributed by atoms with Gasteiger partial charge in [0.1, 0.15) is 17.3 Å². The molecule has 0 fully saturated rings. The monoisotopic (exact) mass is 974 g/mol. The number of aryl methyl sites for hydroxylation is 1. The molecule has 76 heavy (non-hydrogen) atoms. The molecule has 0 aliphatic heterocycles. The zero-order valence-electron chi connectivity index (χ0n) is 41.0. The third-order valence-corrected chi connectivity index (χ3v) is 14.8. The lowest BCUT2D eigenvalue weighted by Crippen LogP contribution is -2.30. The zero-order valence-corrected chi connectivity index (χ0v) is 41.0. The molecule has 0 aliphatic rings. The van der Waals surface area contributed by atoms with Crippen LogP contribution in [-0.2, 0) is 0 Å². The van der Waals surface area contributed by atoms with E-state index in [9.17, 15) is 0 Å². The maximum Gasteiger partial charge on any atom is 0.269 e. The van der Waals surface area contributed by atoms with E-state index in [2.05, 4.69) is 211 Å². The number of nitrogens with zero attached hydrogens (tertiary/aromatic N) is 8. The molecule has 9 nitrogen and oxygen atoms in total. The highest BCUT2D eigenvalue weighted by Gasteiger charge is 2.22. The molecular formula is C67H42N8O. The molecule has 0 N–H and O–H groups in total. The second-order valence-electron chi connectivity index (χ2n) is 19.2. The molecule has 0 saturated heterocycles. The van der Waals surface area contributed by atoms with Crippen LogP contribution in [0.25, 0.3) is 121 Å². The van der Waals surface area contributed by atoms with Crippen molar-refractivity contribution < 1.29 is 9.30 Å². The van der Waals surface area contributed by atoms with Crippen molar-refractivity contribution in [2.75, 3.05) is 0 Å². The molecular weight excluding hydrogens is 933 g/mol. The average Bonchev–Trinajstić information content (AvgIpc) is 4.26. The van der Waals surface area contributed by atoms with E-state index >= 15 is 0 Å². The van der Waals surface area contributed by atoms with Crippen LogP contribution < -0.4 is 9.30 Å². The normalized spacial score (nSPS) is 11.7. The van der Waals surface area contributed by atoms with Gasteiger partial charge in [-0.05, 0) is 96.9 Å². The summed E-state index contributed by atoms with van der Waals surface area (Å²) in [5.74, 6) is 1.89. The molecule has 15 rings (SSSR count). The average molecular weight is 975 g/mol. The van der Waals surface area contributed by atoms with E-state index in [4.69, 9.17) is 21.3 Å². The predicted molar refractivity (Wildman–Crippen MR) is 305 cm³/mol. The van der Waals surface area contributed by atoms with Crippen LogP contribution in [0.15, 0.2) is 237 Å². The summed E-state index contributed by atoms with van der Waals surface area (Å²) in [4.78, 5) is 14.0. The lowest BCUT2D eigenvalue weighted by Gasteiger charge is -2.15. The van der Waals surface area contributed by atoms with Crippen LogP contribution in [0.5, 0.6) is 11.5 Å². The molecule has 0 radical (unpaired) electrons. The van der Waals surface area contributed by atoms with Gasteiger partial charge in [-0.25, -0.2) is 9.83 Å². The van der Waals surface area contributed by atoms with Crippen LogP contribution in [0, 0.1) is 19.8 Å². The second-order valence-corrected chi connectivity index (χ2v) is 19.2. The molecule has 0 bridgehead atoms. The number of imidazole rings is 1. The fourth-order valence-corrected chi connectivity index (χ4v) is 11.5. The molecule has 0 atom stereocenters. The molecule has 356 valence electrons. The molecule has 0 aliphatic carbocycles. The quantitative estimate of drug-likeness (QED) is 0.113. The van der Waals surface area contributed by atoms with Gasteiger partial charge >= 0.3 is 0 Å². The summed E-state index contributed by atoms with van der Waals surface area (Å²) >= 11 is 0. The van der Waals surface area contributed by atoms with Crippen LogP contribution in [-0.4, -0.2) is 28.2 Å². The second kappa shape index (κ2) is 17.0. The number of fused-ring (bicyclic) bond motifs is 10. The summed E-state index contributed by atoms with van der Waals surface area (Å²) in [6, 6.07) is 77.7. The minimum Gasteiger partial charge on any atom is -0.459 e. The Bertz CT molecular complexity index is 4820. The van der Waals surface area contributed by atoms with Gasteiger partial charge in [0.15, 0.2) is 5.69 Å². The number of hydrogen-bond donors (Lipinski definition) is 0. The van der Waals surface area contributed by atoms with E-state index in [0.717, 1.165) is 100 Å². The van der Waals surface area contributed by atoms with E-state index in [0.29, 0.717) is 17.2 Å². The highest BCUT2D eigenvalue weighted by Crippen LogP contribution is 2.41. The topological polar surface area (TPSA) is 63.0 Å². The molecule has 0 spiro atoms. The SMILES string of the molecule is [C-]#[N+]c1cc(Oc2ccc3c4cnc(C)cc4n(-c4ccc(-n5c6ccccc6c6cccc(-n7c8ccccc8c8ccccc87)c65)cn4)c3c2)cc(-n2[c-][n+](-c3ccccc3-c3ccccc3)c3ccccc32)c1. The minimum atomic E-state index is 0.446. The molecule has 0 saturated carbocycles. The minimum absolute atomic E-state index is 0.446. The third kappa shape index (κ3) is 6.68. The van der Waals surface area contributed by atoms with Crippen molar-refractivity contribution in [3.63, 3.8) is 0 Å². The summed E-state index contributed by atoms with van der Waals surface area (Å²) in [6.07, 6.45) is 7.58. The highest BCUT2D eigenvalue weighted by atomic mass is 16.5. The van der Waals surface area contributed by atoms with Crippen molar-refractivity contribution >= 4 is 82.1 Å². The van der Waals surface area contributed by atoms with Crippen molar-refractivity contribution in [2.24, 2.45) is 0 Å². The first-order valence-corrected chi connectivity index (χ1v) is 25.3. The smallest absolute Gasteiger partial charge is 0.269 e. The van der Waals surface area contributed by atoms with Gasteiger partial charge in [0, 0.05) is 50.3 Å². The highest BCUT2D eigenvalue weighted by molar-refractivity contribution is 6.15. The number of hydrogen-bond acceptors (Lipinski definition) is 3. The van der Waals surface area contributed by atoms with Crippen LogP contribution >= 0.6 is 0 Å². The summed E-state index contributed by atoms with van der Waals surface area (Å²) < 4.78 is 17.9. The van der Waals surface area contributed by atoms with Crippen molar-refractivity contribution in [3.05, 3.63) is 260 Å². The van der Waals surface area contributed by atoms with Crippen molar-refractivity contribution in [3.8, 4) is 51.2 Å². The first-order valence-electron chi connectivity index (χ1n) is 25.3. The predicted octanol–water partition coefficient (Wildman–Crippen LogP) is 16.1. The lowest BCUT2D eigenvalue weighted by molar-refractivity contribution is -0.571. The first-order chi connectivity index (χ1) is 37.6. The zero-order chi connectivity index (χ0) is 50.4. The van der Waals surface area contributed by atoms with Crippen molar-refractivity contribution in [2.45, 2.75) is 6.92 Å². The van der Waals surface area contributed by atoms with Gasteiger partial charge in [-0.3, -0.25) is 18.7 Å². The van der Waals surface area contributed by atoms with E-state index in [1.54, 1.807) is 6.07 Å². The van der Waals surface area contributed by atoms with Crippen LogP contribution in [0.4, 0.5) is 5.69 Å². The van der Waals surface area contributed by atoms with Gasteiger partial charge in [0.25, 0.3) is 6.33 Å². The van der Waals surface area contributed by atoms with Gasteiger partial charge < -0.3 is 13.9 Å². The summed E-state index contributed by atoms with van der Waals surface area (Å²) in [7, 11) is 0. The summed E-state index contributed by atoms with van der Waals surface area (Å²) in [5.41, 5.74) is 15.7.